The van der Waals surface area contributed by atoms with Crippen LogP contribution in [0.5, 0.6) is 0 Å². The number of primary amides is 1. The highest BCUT2D eigenvalue weighted by Crippen LogP contribution is 2.54. The number of nitrogens with zero attached hydrogens (tertiary/aromatic N) is 1. The molecular formula is C17H25N3O4S. The molecule has 2 fully saturated rings. The lowest BCUT2D eigenvalue weighted by Crippen LogP contribution is -2.37. The number of benzene rings is 1. The number of hydrogen-bond acceptors (Lipinski definition) is 5. The second kappa shape index (κ2) is 6.49. The third-order valence-corrected chi connectivity index (χ3v) is 7.15. The van der Waals surface area contributed by atoms with Crippen LogP contribution in [0.3, 0.4) is 0 Å². The van der Waals surface area contributed by atoms with Gasteiger partial charge in [-0.25, -0.2) is 8.42 Å². The quantitative estimate of drug-likeness (QED) is 0.701. The summed E-state index contributed by atoms with van der Waals surface area (Å²) in [6, 6.07) is 4.86. The van der Waals surface area contributed by atoms with Crippen LogP contribution in [-0.2, 0) is 10.0 Å². The van der Waals surface area contributed by atoms with E-state index in [1.165, 1.54) is 19.8 Å². The van der Waals surface area contributed by atoms with Crippen LogP contribution in [0.25, 0.3) is 0 Å². The highest BCUT2D eigenvalue weighted by atomic mass is 32.2. The van der Waals surface area contributed by atoms with Gasteiger partial charge in [0, 0.05) is 13.1 Å². The molecule has 1 spiro atoms. The lowest BCUT2D eigenvalue weighted by atomic mass is 9.93. The molecule has 0 bridgehead atoms. The Morgan fingerprint density at radius 2 is 1.96 bits per heavy atom. The molecule has 7 nitrogen and oxygen atoms in total. The monoisotopic (exact) mass is 367 g/mol. The Hall–Kier alpha value is -1.80. The van der Waals surface area contributed by atoms with Gasteiger partial charge in [-0.3, -0.25) is 9.52 Å². The van der Waals surface area contributed by atoms with Crippen LogP contribution in [0, 0.1) is 5.41 Å². The molecule has 0 aromatic heterocycles. The first kappa shape index (κ1) is 18.0. The van der Waals surface area contributed by atoms with E-state index >= 15 is 0 Å². The van der Waals surface area contributed by atoms with Crippen molar-refractivity contribution in [3.63, 3.8) is 0 Å². The Kier molecular flexibility index (Phi) is 4.68. The summed E-state index contributed by atoms with van der Waals surface area (Å²) >= 11 is 0. The van der Waals surface area contributed by atoms with Crippen LogP contribution in [0.4, 0.5) is 11.4 Å². The van der Waals surface area contributed by atoms with Gasteiger partial charge in [-0.2, -0.15) is 0 Å². The first-order valence-electron chi connectivity index (χ1n) is 8.58. The number of para-hydroxylation sites is 1. The van der Waals surface area contributed by atoms with Gasteiger partial charge in [0.05, 0.1) is 23.5 Å². The van der Waals surface area contributed by atoms with E-state index in [0.717, 1.165) is 25.9 Å². The minimum absolute atomic E-state index is 0.309. The molecule has 1 heterocycles. The van der Waals surface area contributed by atoms with E-state index < -0.39 is 27.8 Å². The molecule has 1 aromatic carbocycles. The SMILES string of the molecule is CC(CO)S(=O)(=O)Nc1cccc(C(N)=O)c1N1CCC2(CC1)CC2. The van der Waals surface area contributed by atoms with E-state index in [1.54, 1.807) is 18.2 Å². The van der Waals surface area contributed by atoms with Gasteiger partial charge in [0.1, 0.15) is 5.25 Å². The molecule has 1 aliphatic heterocycles. The molecule has 1 unspecified atom stereocenters. The molecule has 1 amide bonds. The van der Waals surface area contributed by atoms with Crippen molar-refractivity contribution in [2.45, 2.75) is 37.9 Å². The van der Waals surface area contributed by atoms with Crippen molar-refractivity contribution in [2.24, 2.45) is 11.1 Å². The molecule has 0 radical (unpaired) electrons. The van der Waals surface area contributed by atoms with Crippen molar-refractivity contribution in [2.75, 3.05) is 29.3 Å². The average Bonchev–Trinajstić information content (AvgIpc) is 3.33. The number of hydrogen-bond donors (Lipinski definition) is 3. The highest BCUT2D eigenvalue weighted by Gasteiger charge is 2.45. The topological polar surface area (TPSA) is 113 Å². The van der Waals surface area contributed by atoms with Crippen molar-refractivity contribution in [1.82, 2.24) is 0 Å². The number of nitrogens with two attached hydrogens (primary N) is 1. The lowest BCUT2D eigenvalue weighted by molar-refractivity contribution is 0.100. The van der Waals surface area contributed by atoms with Crippen LogP contribution < -0.4 is 15.4 Å². The minimum atomic E-state index is -3.76. The summed E-state index contributed by atoms with van der Waals surface area (Å²) < 4.78 is 27.2. The number of aliphatic hydroxyl groups excluding tert-OH is 1. The minimum Gasteiger partial charge on any atom is -0.395 e. The molecule has 1 aromatic rings. The zero-order chi connectivity index (χ0) is 18.2. The number of carbonyl (C=O) groups excluding carboxylic acids is 1. The van der Waals surface area contributed by atoms with Crippen molar-refractivity contribution < 1.29 is 18.3 Å². The predicted octanol–water partition coefficient (Wildman–Crippen LogP) is 1.29. The maximum atomic E-state index is 12.4. The van der Waals surface area contributed by atoms with Gasteiger partial charge < -0.3 is 15.7 Å². The van der Waals surface area contributed by atoms with Gasteiger partial charge in [0.15, 0.2) is 0 Å². The van der Waals surface area contributed by atoms with Gasteiger partial charge in [0.2, 0.25) is 10.0 Å². The Morgan fingerprint density at radius 3 is 2.48 bits per heavy atom. The second-order valence-electron chi connectivity index (χ2n) is 7.19. The molecular weight excluding hydrogens is 342 g/mol. The zero-order valence-electron chi connectivity index (χ0n) is 14.4. The molecule has 25 heavy (non-hydrogen) atoms. The van der Waals surface area contributed by atoms with Crippen LogP contribution in [0.15, 0.2) is 18.2 Å². The largest absolute Gasteiger partial charge is 0.395 e. The van der Waals surface area contributed by atoms with E-state index in [1.807, 2.05) is 4.90 Å². The summed E-state index contributed by atoms with van der Waals surface area (Å²) in [4.78, 5) is 13.9. The van der Waals surface area contributed by atoms with Crippen LogP contribution in [0.2, 0.25) is 0 Å². The zero-order valence-corrected chi connectivity index (χ0v) is 15.2. The fourth-order valence-corrected chi connectivity index (χ4v) is 4.27. The number of aliphatic hydroxyl groups is 1. The molecule has 3 rings (SSSR count). The number of nitrogens with one attached hydrogen (secondary N) is 1. The van der Waals surface area contributed by atoms with Crippen molar-refractivity contribution in [1.29, 1.82) is 0 Å². The Balaban J connectivity index is 1.95. The van der Waals surface area contributed by atoms with Crippen molar-refractivity contribution >= 4 is 27.3 Å². The molecule has 8 heteroatoms. The lowest BCUT2D eigenvalue weighted by Gasteiger charge is -2.36. The third kappa shape index (κ3) is 3.59. The molecule has 1 saturated heterocycles. The summed E-state index contributed by atoms with van der Waals surface area (Å²) in [6.07, 6.45) is 4.59. The summed E-state index contributed by atoms with van der Waals surface area (Å²) in [5.41, 5.74) is 7.17. The number of carbonyl (C=O) groups is 1. The Labute approximate surface area is 148 Å². The number of anilines is 2. The molecule has 4 N–H and O–H groups in total. The van der Waals surface area contributed by atoms with Gasteiger partial charge in [-0.1, -0.05) is 6.07 Å². The second-order valence-corrected chi connectivity index (χ2v) is 9.29. The fraction of sp³-hybridized carbons (Fsp3) is 0.588. The summed E-state index contributed by atoms with van der Waals surface area (Å²) in [6.45, 7) is 2.49. The molecule has 1 saturated carbocycles. The van der Waals surface area contributed by atoms with E-state index in [0.29, 0.717) is 22.4 Å². The number of amides is 1. The standard InChI is InChI=1S/C17H25N3O4S/c1-12(11-21)25(23,24)19-14-4-2-3-13(16(18)22)15(14)20-9-7-17(5-6-17)8-10-20/h2-4,12,19,21H,5-11H2,1H3,(H2,18,22). The average molecular weight is 367 g/mol. The third-order valence-electron chi connectivity index (χ3n) is 5.44. The van der Waals surface area contributed by atoms with E-state index in [2.05, 4.69) is 4.72 Å². The maximum Gasteiger partial charge on any atom is 0.250 e. The van der Waals surface area contributed by atoms with E-state index in [4.69, 9.17) is 5.73 Å². The number of piperidine rings is 1. The first-order chi connectivity index (χ1) is 11.8. The molecule has 1 atom stereocenters. The first-order valence-corrected chi connectivity index (χ1v) is 10.1. The summed E-state index contributed by atoms with van der Waals surface area (Å²) in [5, 5.41) is 8.22. The smallest absolute Gasteiger partial charge is 0.250 e. The maximum absolute atomic E-state index is 12.4. The van der Waals surface area contributed by atoms with Gasteiger partial charge in [-0.15, -0.1) is 0 Å². The molecule has 138 valence electrons. The number of sulfonamides is 1. The molecule has 2 aliphatic rings. The van der Waals surface area contributed by atoms with Gasteiger partial charge in [-0.05, 0) is 50.2 Å². The fourth-order valence-electron chi connectivity index (χ4n) is 3.40. The van der Waals surface area contributed by atoms with Crippen molar-refractivity contribution in [3.8, 4) is 0 Å². The Bertz CT molecular complexity index is 764. The summed E-state index contributed by atoms with van der Waals surface area (Å²) in [5.74, 6) is -0.585. The van der Waals surface area contributed by atoms with Gasteiger partial charge >= 0.3 is 0 Å². The Morgan fingerprint density at radius 1 is 1.32 bits per heavy atom. The van der Waals surface area contributed by atoms with Crippen LogP contribution in [0.1, 0.15) is 43.0 Å². The summed E-state index contributed by atoms with van der Waals surface area (Å²) in [7, 11) is -3.76. The van der Waals surface area contributed by atoms with E-state index in [9.17, 15) is 18.3 Å². The predicted molar refractivity (Wildman–Crippen MR) is 97.2 cm³/mol. The molecule has 1 aliphatic carbocycles. The highest BCUT2D eigenvalue weighted by molar-refractivity contribution is 7.93. The normalized spacial score (nSPS) is 20.3. The van der Waals surface area contributed by atoms with Crippen molar-refractivity contribution in [3.05, 3.63) is 23.8 Å². The van der Waals surface area contributed by atoms with Crippen LogP contribution >= 0.6 is 0 Å². The number of rotatable bonds is 6. The van der Waals surface area contributed by atoms with E-state index in [-0.39, 0.29) is 0 Å². The van der Waals surface area contributed by atoms with Gasteiger partial charge in [0.25, 0.3) is 5.91 Å². The van der Waals surface area contributed by atoms with Crippen LogP contribution in [-0.4, -0.2) is 44.4 Å².